The minimum Gasteiger partial charge on any atom is -0.382 e. The Bertz CT molecular complexity index is 612. The molecule has 21 heavy (non-hydrogen) atoms. The highest BCUT2D eigenvalue weighted by Gasteiger charge is 2.06. The monoisotopic (exact) mass is 326 g/mol. The van der Waals surface area contributed by atoms with Gasteiger partial charge >= 0.3 is 0 Å². The van der Waals surface area contributed by atoms with Gasteiger partial charge in [-0.15, -0.1) is 0 Å². The Balaban J connectivity index is 1.83. The van der Waals surface area contributed by atoms with Gasteiger partial charge in [0.1, 0.15) is 5.82 Å². The van der Waals surface area contributed by atoms with Gasteiger partial charge < -0.3 is 10.6 Å². The smallest absolute Gasteiger partial charge is 0.226 e. The van der Waals surface area contributed by atoms with Gasteiger partial charge in [-0.3, -0.25) is 4.79 Å². The van der Waals surface area contributed by atoms with Gasteiger partial charge in [0.15, 0.2) is 0 Å². The second-order valence-electron chi connectivity index (χ2n) is 4.33. The third-order valence-electron chi connectivity index (χ3n) is 2.74. The van der Waals surface area contributed by atoms with Crippen molar-refractivity contribution in [2.75, 3.05) is 17.2 Å². The first kappa shape index (κ1) is 15.6. The molecule has 0 saturated heterocycles. The molecule has 3 nitrogen and oxygen atoms in total. The maximum Gasteiger partial charge on any atom is 0.226 e. The van der Waals surface area contributed by atoms with E-state index in [4.69, 9.17) is 23.2 Å². The van der Waals surface area contributed by atoms with Crippen LogP contribution in [0.3, 0.4) is 0 Å². The quantitative estimate of drug-likeness (QED) is 0.844. The van der Waals surface area contributed by atoms with E-state index in [2.05, 4.69) is 10.6 Å². The molecule has 0 radical (unpaired) electrons. The maximum atomic E-state index is 12.7. The fourth-order valence-electron chi connectivity index (χ4n) is 1.72. The second-order valence-corrected chi connectivity index (χ2v) is 5.14. The molecular weight excluding hydrogens is 314 g/mol. The van der Waals surface area contributed by atoms with Crippen LogP contribution < -0.4 is 10.6 Å². The number of para-hydroxylation sites is 1. The molecule has 2 N–H and O–H groups in total. The first-order valence-corrected chi connectivity index (χ1v) is 7.05. The molecule has 0 saturated carbocycles. The summed E-state index contributed by atoms with van der Waals surface area (Å²) < 4.78 is 12.7. The lowest BCUT2D eigenvalue weighted by Crippen LogP contribution is -2.16. The van der Waals surface area contributed by atoms with Gasteiger partial charge in [-0.1, -0.05) is 29.3 Å². The number of anilines is 2. The summed E-state index contributed by atoms with van der Waals surface area (Å²) in [7, 11) is 0. The van der Waals surface area contributed by atoms with Crippen LogP contribution in [0.4, 0.5) is 15.8 Å². The highest BCUT2D eigenvalue weighted by molar-refractivity contribution is 6.39. The van der Waals surface area contributed by atoms with Crippen LogP contribution in [0.5, 0.6) is 0 Å². The summed E-state index contributed by atoms with van der Waals surface area (Å²) in [5.41, 5.74) is 1.16. The summed E-state index contributed by atoms with van der Waals surface area (Å²) in [4.78, 5) is 11.7. The van der Waals surface area contributed by atoms with Crippen molar-refractivity contribution in [3.63, 3.8) is 0 Å². The fourth-order valence-corrected chi connectivity index (χ4v) is 2.26. The van der Waals surface area contributed by atoms with Crippen molar-refractivity contribution >= 4 is 40.5 Å². The van der Waals surface area contributed by atoms with Crippen LogP contribution in [0.2, 0.25) is 10.0 Å². The van der Waals surface area contributed by atoms with Crippen molar-refractivity contribution in [3.05, 3.63) is 58.3 Å². The Labute approximate surface area is 132 Å². The molecule has 0 unspecified atom stereocenters. The molecule has 1 amide bonds. The summed E-state index contributed by atoms with van der Waals surface area (Å²) in [6.45, 7) is 0.385. The number of hydrogen-bond donors (Lipinski definition) is 2. The zero-order valence-electron chi connectivity index (χ0n) is 11.0. The average molecular weight is 327 g/mol. The summed E-state index contributed by atoms with van der Waals surface area (Å²) in [5, 5.41) is 6.70. The van der Waals surface area contributed by atoms with Crippen molar-refractivity contribution in [3.8, 4) is 0 Å². The molecule has 0 atom stereocenters. The number of benzene rings is 2. The van der Waals surface area contributed by atoms with E-state index in [0.717, 1.165) is 0 Å². The van der Waals surface area contributed by atoms with Crippen LogP contribution in [0, 0.1) is 5.82 Å². The van der Waals surface area contributed by atoms with Crippen molar-refractivity contribution in [2.45, 2.75) is 6.42 Å². The predicted molar refractivity (Wildman–Crippen MR) is 84.6 cm³/mol. The maximum absolute atomic E-state index is 12.7. The minimum atomic E-state index is -0.344. The van der Waals surface area contributed by atoms with Gasteiger partial charge in [0.2, 0.25) is 5.91 Å². The van der Waals surface area contributed by atoms with Crippen molar-refractivity contribution in [1.82, 2.24) is 0 Å². The Hall–Kier alpha value is -1.78. The van der Waals surface area contributed by atoms with Crippen LogP contribution in [-0.2, 0) is 4.79 Å². The topological polar surface area (TPSA) is 41.1 Å². The zero-order chi connectivity index (χ0) is 15.2. The lowest BCUT2D eigenvalue weighted by atomic mass is 10.3. The molecule has 0 aromatic heterocycles. The first-order valence-electron chi connectivity index (χ1n) is 6.29. The van der Waals surface area contributed by atoms with Crippen LogP contribution >= 0.6 is 23.2 Å². The summed E-state index contributed by atoms with van der Waals surface area (Å²) in [5.74, 6) is -0.527. The van der Waals surface area contributed by atoms with E-state index in [1.807, 2.05) is 0 Å². The van der Waals surface area contributed by atoms with E-state index in [1.165, 1.54) is 24.3 Å². The minimum absolute atomic E-state index is 0.183. The van der Waals surface area contributed by atoms with Gasteiger partial charge in [-0.05, 0) is 36.4 Å². The number of hydrogen-bond acceptors (Lipinski definition) is 2. The summed E-state index contributed by atoms with van der Waals surface area (Å²) >= 11 is 12.0. The molecule has 0 aliphatic rings. The van der Waals surface area contributed by atoms with Crippen molar-refractivity contribution in [2.24, 2.45) is 0 Å². The van der Waals surface area contributed by atoms with E-state index >= 15 is 0 Å². The highest BCUT2D eigenvalue weighted by atomic mass is 35.5. The molecule has 0 aliphatic carbocycles. The summed E-state index contributed by atoms with van der Waals surface area (Å²) in [6, 6.07) is 10.8. The Morgan fingerprint density at radius 1 is 1.05 bits per heavy atom. The Morgan fingerprint density at radius 2 is 1.67 bits per heavy atom. The molecule has 0 heterocycles. The van der Waals surface area contributed by atoms with Gasteiger partial charge in [0.05, 0.1) is 15.7 Å². The Kier molecular flexibility index (Phi) is 5.42. The van der Waals surface area contributed by atoms with Gasteiger partial charge in [-0.25, -0.2) is 4.39 Å². The Morgan fingerprint density at radius 3 is 2.29 bits per heavy atom. The largest absolute Gasteiger partial charge is 0.382 e. The number of carbonyl (C=O) groups is 1. The summed E-state index contributed by atoms with van der Waals surface area (Å²) in [6.07, 6.45) is 0.235. The van der Waals surface area contributed by atoms with Crippen molar-refractivity contribution in [1.29, 1.82) is 0 Å². The molecule has 6 heteroatoms. The molecule has 2 rings (SSSR count). The molecule has 0 spiro atoms. The van der Waals surface area contributed by atoms with Gasteiger partial charge in [0.25, 0.3) is 0 Å². The lowest BCUT2D eigenvalue weighted by Gasteiger charge is -2.10. The first-order chi connectivity index (χ1) is 10.1. The predicted octanol–water partition coefficient (Wildman–Crippen LogP) is 4.57. The normalized spacial score (nSPS) is 10.2. The van der Waals surface area contributed by atoms with Gasteiger partial charge in [0, 0.05) is 18.7 Å². The third kappa shape index (κ3) is 4.62. The number of amides is 1. The van der Waals surface area contributed by atoms with E-state index in [9.17, 15) is 9.18 Å². The van der Waals surface area contributed by atoms with Crippen LogP contribution in [0.1, 0.15) is 6.42 Å². The van der Waals surface area contributed by atoms with Crippen molar-refractivity contribution < 1.29 is 9.18 Å². The lowest BCUT2D eigenvalue weighted by molar-refractivity contribution is -0.115. The molecule has 0 fully saturated rings. The molecule has 2 aromatic rings. The number of halogens is 3. The third-order valence-corrected chi connectivity index (χ3v) is 3.37. The second kappa shape index (κ2) is 7.29. The average Bonchev–Trinajstić information content (AvgIpc) is 2.45. The number of nitrogens with one attached hydrogen (secondary N) is 2. The van der Waals surface area contributed by atoms with Crippen LogP contribution in [-0.4, -0.2) is 12.5 Å². The SMILES string of the molecule is O=C(CCNc1c(Cl)cccc1Cl)Nc1ccc(F)cc1. The zero-order valence-corrected chi connectivity index (χ0v) is 12.5. The standard InChI is InChI=1S/C15H13Cl2FN2O/c16-12-2-1-3-13(17)15(12)19-9-8-14(21)20-11-6-4-10(18)5-7-11/h1-7,19H,8-9H2,(H,20,21). The fraction of sp³-hybridized carbons (Fsp3) is 0.133. The van der Waals surface area contributed by atoms with E-state index < -0.39 is 0 Å². The van der Waals surface area contributed by atoms with E-state index in [1.54, 1.807) is 18.2 Å². The van der Waals surface area contributed by atoms with E-state index in [-0.39, 0.29) is 18.1 Å². The number of carbonyl (C=O) groups excluding carboxylic acids is 1. The molecule has 0 bridgehead atoms. The molecule has 2 aromatic carbocycles. The van der Waals surface area contributed by atoms with Crippen LogP contribution in [0.15, 0.2) is 42.5 Å². The highest BCUT2D eigenvalue weighted by Crippen LogP contribution is 2.29. The van der Waals surface area contributed by atoms with Gasteiger partial charge in [-0.2, -0.15) is 0 Å². The molecule has 110 valence electrons. The molecule has 0 aliphatic heterocycles. The number of rotatable bonds is 5. The van der Waals surface area contributed by atoms with Crippen LogP contribution in [0.25, 0.3) is 0 Å². The molecular formula is C15H13Cl2FN2O. The van der Waals surface area contributed by atoms with E-state index in [0.29, 0.717) is 28.0 Å².